The van der Waals surface area contributed by atoms with E-state index in [1.54, 1.807) is 7.11 Å². The molecule has 0 saturated heterocycles. The third kappa shape index (κ3) is 3.12. The molecule has 2 aromatic rings. The molecule has 1 aliphatic heterocycles. The van der Waals surface area contributed by atoms with Crippen molar-refractivity contribution in [3.8, 4) is 5.75 Å². The fourth-order valence-corrected chi connectivity index (χ4v) is 3.30. The van der Waals surface area contributed by atoms with Gasteiger partial charge in [0.25, 0.3) is 0 Å². The summed E-state index contributed by atoms with van der Waals surface area (Å²) in [5, 5.41) is 0.786. The molecule has 0 spiro atoms. The minimum atomic E-state index is 0.270. The number of nitrogens with two attached hydrogens (primary N) is 1. The molecule has 3 rings (SSSR count). The van der Waals surface area contributed by atoms with E-state index >= 15 is 0 Å². The quantitative estimate of drug-likeness (QED) is 0.918. The minimum absolute atomic E-state index is 0.270. The van der Waals surface area contributed by atoms with Crippen molar-refractivity contribution in [2.24, 2.45) is 5.73 Å². The van der Waals surface area contributed by atoms with Crippen molar-refractivity contribution in [3.63, 3.8) is 0 Å². The molecule has 1 unspecified atom stereocenters. The summed E-state index contributed by atoms with van der Waals surface area (Å²) in [6, 6.07) is 14.7. The lowest BCUT2D eigenvalue weighted by atomic mass is 10.0. The average Bonchev–Trinajstić information content (AvgIpc) is 2.90. The van der Waals surface area contributed by atoms with Crippen LogP contribution in [-0.2, 0) is 13.0 Å². The van der Waals surface area contributed by atoms with E-state index in [4.69, 9.17) is 22.1 Å². The summed E-state index contributed by atoms with van der Waals surface area (Å²) >= 11 is 6.12. The third-order valence-electron chi connectivity index (χ3n) is 4.35. The smallest absolute Gasteiger partial charge is 0.118 e. The number of hydrogen-bond acceptors (Lipinski definition) is 3. The largest absolute Gasteiger partial charge is 0.497 e. The Hall–Kier alpha value is -1.55. The molecule has 2 N–H and O–H groups in total. The Morgan fingerprint density at radius 1 is 1.23 bits per heavy atom. The predicted molar refractivity (Wildman–Crippen MR) is 90.4 cm³/mol. The molecule has 1 atom stereocenters. The average molecular weight is 317 g/mol. The third-order valence-corrected chi connectivity index (χ3v) is 4.59. The molecule has 1 heterocycles. The Morgan fingerprint density at radius 3 is 2.68 bits per heavy atom. The monoisotopic (exact) mass is 316 g/mol. The maximum Gasteiger partial charge on any atom is 0.118 e. The highest BCUT2D eigenvalue weighted by Crippen LogP contribution is 2.34. The number of ether oxygens (including phenoxy) is 1. The van der Waals surface area contributed by atoms with E-state index in [9.17, 15) is 0 Å². The van der Waals surface area contributed by atoms with Crippen molar-refractivity contribution in [2.75, 3.05) is 20.2 Å². The van der Waals surface area contributed by atoms with Crippen LogP contribution in [0.2, 0.25) is 5.02 Å². The maximum atomic E-state index is 6.12. The summed E-state index contributed by atoms with van der Waals surface area (Å²) in [4.78, 5) is 2.44. The Morgan fingerprint density at radius 2 is 2.00 bits per heavy atom. The van der Waals surface area contributed by atoms with Gasteiger partial charge in [0.15, 0.2) is 0 Å². The van der Waals surface area contributed by atoms with Gasteiger partial charge in [-0.15, -0.1) is 0 Å². The zero-order valence-electron chi connectivity index (χ0n) is 12.8. The molecule has 0 fully saturated rings. The highest BCUT2D eigenvalue weighted by atomic mass is 35.5. The van der Waals surface area contributed by atoms with Crippen LogP contribution in [0.3, 0.4) is 0 Å². The highest BCUT2D eigenvalue weighted by molar-refractivity contribution is 6.30. The zero-order chi connectivity index (χ0) is 15.5. The van der Waals surface area contributed by atoms with E-state index in [0.29, 0.717) is 6.54 Å². The summed E-state index contributed by atoms with van der Waals surface area (Å²) in [5.74, 6) is 0.895. The van der Waals surface area contributed by atoms with E-state index < -0.39 is 0 Å². The van der Waals surface area contributed by atoms with E-state index in [2.05, 4.69) is 29.2 Å². The van der Waals surface area contributed by atoms with E-state index in [1.165, 1.54) is 16.7 Å². The van der Waals surface area contributed by atoms with Crippen LogP contribution in [0.5, 0.6) is 5.75 Å². The number of rotatable bonds is 5. The topological polar surface area (TPSA) is 38.5 Å². The lowest BCUT2D eigenvalue weighted by Crippen LogP contribution is -2.29. The number of benzene rings is 2. The summed E-state index contributed by atoms with van der Waals surface area (Å²) in [6.45, 7) is 2.56. The molecule has 0 aromatic heterocycles. The zero-order valence-corrected chi connectivity index (χ0v) is 13.5. The van der Waals surface area contributed by atoms with Gasteiger partial charge in [-0.25, -0.2) is 0 Å². The van der Waals surface area contributed by atoms with Crippen molar-refractivity contribution in [1.29, 1.82) is 0 Å². The first-order valence-corrected chi connectivity index (χ1v) is 7.94. The minimum Gasteiger partial charge on any atom is -0.497 e. The van der Waals surface area contributed by atoms with Crippen molar-refractivity contribution in [3.05, 3.63) is 64.2 Å². The molecule has 22 heavy (non-hydrogen) atoms. The Balaban J connectivity index is 1.68. The highest BCUT2D eigenvalue weighted by Gasteiger charge is 2.28. The van der Waals surface area contributed by atoms with E-state index in [0.717, 1.165) is 30.3 Å². The normalized spacial score (nSPS) is 17.5. The molecule has 0 bridgehead atoms. The molecule has 4 heteroatoms. The molecule has 0 radical (unpaired) electrons. The number of nitrogens with zero attached hydrogens (tertiary/aromatic N) is 1. The first kappa shape index (κ1) is 15.3. The maximum absolute atomic E-state index is 6.12. The van der Waals surface area contributed by atoms with Crippen molar-refractivity contribution < 1.29 is 4.74 Å². The van der Waals surface area contributed by atoms with E-state index in [-0.39, 0.29) is 6.04 Å². The molecular formula is C18H21ClN2O. The van der Waals surface area contributed by atoms with Crippen LogP contribution < -0.4 is 10.5 Å². The standard InChI is InChI=1S/C18H21ClN2O/c1-22-16-6-2-13(3-7-16)8-9-21-12-14-4-5-15(19)10-17(14)18(21)11-20/h2-7,10,18H,8-9,11-12,20H2,1H3. The molecular weight excluding hydrogens is 296 g/mol. The summed E-state index contributed by atoms with van der Waals surface area (Å²) < 4.78 is 5.20. The summed E-state index contributed by atoms with van der Waals surface area (Å²) in [5.41, 5.74) is 9.93. The summed E-state index contributed by atoms with van der Waals surface area (Å²) in [6.07, 6.45) is 1.00. The van der Waals surface area contributed by atoms with Crippen LogP contribution in [0.1, 0.15) is 22.7 Å². The molecule has 1 aliphatic rings. The Bertz CT molecular complexity index is 642. The van der Waals surface area contributed by atoms with Crippen LogP contribution in [-0.4, -0.2) is 25.1 Å². The molecule has 0 aliphatic carbocycles. The van der Waals surface area contributed by atoms with Gasteiger partial charge in [-0.2, -0.15) is 0 Å². The Labute approximate surface area is 136 Å². The lowest BCUT2D eigenvalue weighted by Gasteiger charge is -2.23. The van der Waals surface area contributed by atoms with Crippen LogP contribution in [0, 0.1) is 0 Å². The molecule has 116 valence electrons. The van der Waals surface area contributed by atoms with E-state index in [1.807, 2.05) is 18.2 Å². The molecule has 0 amide bonds. The van der Waals surface area contributed by atoms with Gasteiger partial charge in [-0.3, -0.25) is 4.90 Å². The number of fused-ring (bicyclic) bond motifs is 1. The Kier molecular flexibility index (Phi) is 4.67. The van der Waals surface area contributed by atoms with Gasteiger partial charge in [-0.1, -0.05) is 29.8 Å². The van der Waals surface area contributed by atoms with Gasteiger partial charge in [0.05, 0.1) is 7.11 Å². The van der Waals surface area contributed by atoms with Crippen LogP contribution in [0.25, 0.3) is 0 Å². The second-order valence-electron chi connectivity index (χ2n) is 5.66. The second-order valence-corrected chi connectivity index (χ2v) is 6.10. The number of hydrogen-bond donors (Lipinski definition) is 1. The fourth-order valence-electron chi connectivity index (χ4n) is 3.12. The number of methoxy groups -OCH3 is 1. The fraction of sp³-hybridized carbons (Fsp3) is 0.333. The van der Waals surface area contributed by atoms with Gasteiger partial charge in [0.2, 0.25) is 0 Å². The van der Waals surface area contributed by atoms with Gasteiger partial charge in [0.1, 0.15) is 5.75 Å². The predicted octanol–water partition coefficient (Wildman–Crippen LogP) is 3.41. The van der Waals surface area contributed by atoms with Gasteiger partial charge < -0.3 is 10.5 Å². The van der Waals surface area contributed by atoms with Crippen molar-refractivity contribution in [2.45, 2.75) is 19.0 Å². The van der Waals surface area contributed by atoms with Crippen molar-refractivity contribution >= 4 is 11.6 Å². The van der Waals surface area contributed by atoms with Crippen LogP contribution in [0.15, 0.2) is 42.5 Å². The van der Waals surface area contributed by atoms with Crippen LogP contribution >= 0.6 is 11.6 Å². The molecule has 3 nitrogen and oxygen atoms in total. The first-order chi connectivity index (χ1) is 10.7. The van der Waals surface area contributed by atoms with Crippen LogP contribution in [0.4, 0.5) is 0 Å². The summed E-state index contributed by atoms with van der Waals surface area (Å²) in [7, 11) is 1.69. The first-order valence-electron chi connectivity index (χ1n) is 7.56. The SMILES string of the molecule is COc1ccc(CCN2Cc3ccc(Cl)cc3C2CN)cc1. The number of halogens is 1. The lowest BCUT2D eigenvalue weighted by molar-refractivity contribution is 0.223. The van der Waals surface area contributed by atoms with Crippen molar-refractivity contribution in [1.82, 2.24) is 4.90 Å². The molecule has 2 aromatic carbocycles. The molecule has 0 saturated carbocycles. The van der Waals surface area contributed by atoms with Gasteiger partial charge in [0, 0.05) is 30.7 Å². The second kappa shape index (κ2) is 6.69. The van der Waals surface area contributed by atoms with Gasteiger partial charge >= 0.3 is 0 Å². The van der Waals surface area contributed by atoms with Gasteiger partial charge in [-0.05, 0) is 47.4 Å².